The van der Waals surface area contributed by atoms with Crippen molar-refractivity contribution in [3.63, 3.8) is 0 Å². The molecule has 0 N–H and O–H groups in total. The molecular formula is CH4S2Sn. The molecule has 0 radical (unpaired) electrons. The van der Waals surface area contributed by atoms with Crippen LogP contribution in [0.1, 0.15) is 7.43 Å². The van der Waals surface area contributed by atoms with Gasteiger partial charge in [0.25, 0.3) is 0 Å². The molecule has 0 bridgehead atoms. The topological polar surface area (TPSA) is 0 Å². The first-order valence-electron chi connectivity index (χ1n) is 0.408. The van der Waals surface area contributed by atoms with Crippen LogP contribution >= 0.6 is 18.6 Å². The van der Waals surface area contributed by atoms with Crippen LogP contribution < -0.4 is 0 Å². The first-order chi connectivity index (χ1) is 1.41. The van der Waals surface area contributed by atoms with E-state index >= 15 is 0 Å². The zero-order valence-electron chi connectivity index (χ0n) is 1.32. The Morgan fingerprint density at radius 3 is 1.25 bits per heavy atom. The van der Waals surface area contributed by atoms with Crippen LogP contribution in [0, 0.1) is 0 Å². The molecule has 0 rings (SSSR count). The van der Waals surface area contributed by atoms with Crippen LogP contribution in [0.15, 0.2) is 0 Å². The predicted molar refractivity (Wildman–Crippen MR) is 27.7 cm³/mol. The van der Waals surface area contributed by atoms with Crippen molar-refractivity contribution in [2.24, 2.45) is 0 Å². The summed E-state index contributed by atoms with van der Waals surface area (Å²) in [6.07, 6.45) is 0. The third kappa shape index (κ3) is 10.6. The first kappa shape index (κ1) is 8.97. The van der Waals surface area contributed by atoms with Crippen LogP contribution in [-0.2, 0) is 0 Å². The van der Waals surface area contributed by atoms with Gasteiger partial charge in [-0.05, 0) is 0 Å². The fourth-order valence-electron chi connectivity index (χ4n) is 0. The van der Waals surface area contributed by atoms with Crippen molar-refractivity contribution in [2.75, 3.05) is 0 Å². The molecule has 0 aromatic heterocycles. The van der Waals surface area contributed by atoms with Crippen LogP contribution in [0.25, 0.3) is 0 Å². The van der Waals surface area contributed by atoms with E-state index in [-0.39, 0.29) is 7.43 Å². The van der Waals surface area contributed by atoms with E-state index in [0.717, 1.165) is 0 Å². The van der Waals surface area contributed by atoms with Gasteiger partial charge >= 0.3 is 35.8 Å². The molecule has 0 unspecified atom stereocenters. The Labute approximate surface area is 43.1 Å². The number of hydrogen-bond donors (Lipinski definition) is 0. The molecule has 24 valence electrons. The second kappa shape index (κ2) is 8.87. The van der Waals surface area contributed by atoms with Gasteiger partial charge in [-0.15, -0.1) is 0 Å². The molecule has 0 heterocycles. The summed E-state index contributed by atoms with van der Waals surface area (Å²) < 4.78 is 0. The van der Waals surface area contributed by atoms with E-state index in [1.165, 1.54) is 0 Å². The zero-order chi connectivity index (χ0) is 2.71. The van der Waals surface area contributed by atoms with Gasteiger partial charge in [-0.1, -0.05) is 7.43 Å². The summed E-state index contributed by atoms with van der Waals surface area (Å²) in [5.74, 6) is 0. The van der Waals surface area contributed by atoms with Crippen molar-refractivity contribution in [1.82, 2.24) is 0 Å². The third-order valence-electron chi connectivity index (χ3n) is 0. The summed E-state index contributed by atoms with van der Waals surface area (Å²) in [5, 5.41) is 0. The average Bonchev–Trinajstić information content (AvgIpc) is 0.918. The maximum atomic E-state index is 4.38. The summed E-state index contributed by atoms with van der Waals surface area (Å²) in [6, 6.07) is 0. The van der Waals surface area contributed by atoms with Crippen molar-refractivity contribution in [1.29, 1.82) is 0 Å². The van der Waals surface area contributed by atoms with Gasteiger partial charge in [0.2, 0.25) is 0 Å². The molecule has 0 aliphatic heterocycles. The molecule has 0 saturated heterocycles. The maximum absolute atomic E-state index is 4.38. The molecule has 0 fully saturated rings. The van der Waals surface area contributed by atoms with E-state index in [0.29, 0.717) is 0 Å². The minimum atomic E-state index is -0.603. The Bertz CT molecular complexity index is 27.0. The van der Waals surface area contributed by atoms with E-state index in [1.54, 1.807) is 0 Å². The quantitative estimate of drug-likeness (QED) is 0.542. The van der Waals surface area contributed by atoms with Crippen LogP contribution in [-0.4, -0.2) is 17.3 Å². The Morgan fingerprint density at radius 2 is 1.25 bits per heavy atom. The monoisotopic (exact) mass is 200 g/mol. The minimum absolute atomic E-state index is 0. The SMILES string of the molecule is C.[S]=[Sn]=[S]. The van der Waals surface area contributed by atoms with Crippen LogP contribution in [0.2, 0.25) is 0 Å². The first-order valence-corrected chi connectivity index (χ1v) is 8.22. The van der Waals surface area contributed by atoms with Crippen molar-refractivity contribution in [2.45, 2.75) is 7.43 Å². The van der Waals surface area contributed by atoms with E-state index in [4.69, 9.17) is 0 Å². The molecule has 0 saturated carbocycles. The normalized spacial score (nSPS) is 2.00. The summed E-state index contributed by atoms with van der Waals surface area (Å²) in [5.41, 5.74) is 0. The molecule has 0 atom stereocenters. The molecule has 0 aromatic rings. The number of rotatable bonds is 0. The van der Waals surface area contributed by atoms with Crippen molar-refractivity contribution in [3.05, 3.63) is 0 Å². The van der Waals surface area contributed by atoms with Gasteiger partial charge < -0.3 is 0 Å². The molecular weight excluding hydrogens is 195 g/mol. The summed E-state index contributed by atoms with van der Waals surface area (Å²) in [4.78, 5) is 0. The molecule has 0 aromatic carbocycles. The van der Waals surface area contributed by atoms with E-state index < -0.39 is 17.3 Å². The van der Waals surface area contributed by atoms with Gasteiger partial charge in [0.1, 0.15) is 0 Å². The van der Waals surface area contributed by atoms with Gasteiger partial charge in [0, 0.05) is 0 Å². The van der Waals surface area contributed by atoms with Crippen molar-refractivity contribution >= 4 is 35.8 Å². The Hall–Kier alpha value is 1.24. The molecule has 0 nitrogen and oxygen atoms in total. The van der Waals surface area contributed by atoms with E-state index in [1.807, 2.05) is 0 Å². The van der Waals surface area contributed by atoms with E-state index in [9.17, 15) is 0 Å². The summed E-state index contributed by atoms with van der Waals surface area (Å²) >= 11 is -0.603. The zero-order valence-corrected chi connectivity index (χ0v) is 5.80. The number of hydrogen-bond acceptors (Lipinski definition) is 2. The van der Waals surface area contributed by atoms with Crippen LogP contribution in [0.3, 0.4) is 0 Å². The fourth-order valence-corrected chi connectivity index (χ4v) is 0. The van der Waals surface area contributed by atoms with Gasteiger partial charge in [-0.2, -0.15) is 0 Å². The van der Waals surface area contributed by atoms with Crippen LogP contribution in [0.4, 0.5) is 0 Å². The Kier molecular flexibility index (Phi) is 19.9. The fraction of sp³-hybridized carbons (Fsp3) is 1.00. The Morgan fingerprint density at radius 1 is 1.25 bits per heavy atom. The molecule has 0 amide bonds. The summed E-state index contributed by atoms with van der Waals surface area (Å²) in [6.45, 7) is 0. The van der Waals surface area contributed by atoms with E-state index in [2.05, 4.69) is 18.6 Å². The molecule has 0 aliphatic carbocycles. The third-order valence-corrected chi connectivity index (χ3v) is 0. The molecule has 0 spiro atoms. The molecule has 0 aliphatic rings. The predicted octanol–water partition coefficient (Wildman–Crippen LogP) is 1.55. The van der Waals surface area contributed by atoms with Gasteiger partial charge in [0.15, 0.2) is 0 Å². The van der Waals surface area contributed by atoms with Crippen molar-refractivity contribution in [3.8, 4) is 0 Å². The second-order valence-corrected chi connectivity index (χ2v) is 5.03. The van der Waals surface area contributed by atoms with Crippen molar-refractivity contribution < 1.29 is 0 Å². The average molecular weight is 199 g/mol. The standard InChI is InChI=1S/CH4.2S.Sn/h1H4;;;. The van der Waals surface area contributed by atoms with Gasteiger partial charge in [-0.25, -0.2) is 0 Å². The molecule has 3 heteroatoms. The molecule has 4 heavy (non-hydrogen) atoms. The van der Waals surface area contributed by atoms with Crippen LogP contribution in [0.5, 0.6) is 0 Å². The van der Waals surface area contributed by atoms with Gasteiger partial charge in [0.05, 0.1) is 0 Å². The second-order valence-electron chi connectivity index (χ2n) is 0.0833. The Balaban J connectivity index is 0. The summed E-state index contributed by atoms with van der Waals surface area (Å²) in [7, 11) is 8.76. The van der Waals surface area contributed by atoms with Gasteiger partial charge in [-0.3, -0.25) is 0 Å².